The van der Waals surface area contributed by atoms with Gasteiger partial charge < -0.3 is 4.90 Å². The molecule has 1 aliphatic heterocycles. The summed E-state index contributed by atoms with van der Waals surface area (Å²) in [5.74, 6) is 0. The first-order valence-corrected chi connectivity index (χ1v) is 22.7. The Morgan fingerprint density at radius 1 is 0.467 bits per heavy atom. The molecule has 286 valence electrons. The summed E-state index contributed by atoms with van der Waals surface area (Å²) < 4.78 is 2.40. The smallest absolute Gasteiger partial charge is 0.179 e. The maximum absolute atomic E-state index is 5.18. The van der Waals surface area contributed by atoms with Crippen LogP contribution in [0.5, 0.6) is 0 Å². The summed E-state index contributed by atoms with van der Waals surface area (Å²) in [4.78, 5) is 12.4. The van der Waals surface area contributed by atoms with E-state index < -0.39 is 8.07 Å². The fourth-order valence-electron chi connectivity index (χ4n) is 10.0. The molecule has 0 aliphatic carbocycles. The van der Waals surface area contributed by atoms with Gasteiger partial charge in [0.05, 0.1) is 22.6 Å². The largest absolute Gasteiger partial charge is 0.310 e. The van der Waals surface area contributed by atoms with Crippen molar-refractivity contribution in [3.05, 3.63) is 230 Å². The Morgan fingerprint density at radius 2 is 1.08 bits per heavy atom. The molecule has 0 fully saturated rings. The molecule has 0 atom stereocenters. The standard InChI is InChI=1S/C55H42N4Si/c1-55(2)47-30-12-13-32-49(47)58(40-20-6-3-7-21-40)51-34-33-50-52(53(51)55)46-29-18-36-57-54(46)59(50)41-22-17-28-45(38-41)60(42-23-8-4-9-24-42,43-25-10-5-11-26-43)44-27-16-19-39(37-44)48-31-14-15-35-56-48/h3-38H,1-2H3. The Labute approximate surface area is 351 Å². The topological polar surface area (TPSA) is 34.0 Å². The van der Waals surface area contributed by atoms with Crippen LogP contribution in [0.2, 0.25) is 0 Å². The van der Waals surface area contributed by atoms with Crippen LogP contribution in [0.25, 0.3) is 38.9 Å². The molecular weight excluding hydrogens is 745 g/mol. The van der Waals surface area contributed by atoms with Crippen molar-refractivity contribution < 1.29 is 0 Å². The number of nitrogens with zero attached hydrogens (tertiary/aromatic N) is 4. The lowest BCUT2D eigenvalue weighted by Crippen LogP contribution is -2.74. The quantitative estimate of drug-likeness (QED) is 0.119. The van der Waals surface area contributed by atoms with E-state index in [1.165, 1.54) is 48.6 Å². The zero-order valence-corrected chi connectivity index (χ0v) is 34.6. The van der Waals surface area contributed by atoms with Gasteiger partial charge in [0.15, 0.2) is 8.07 Å². The number of aromatic nitrogens is 3. The summed E-state index contributed by atoms with van der Waals surface area (Å²) in [6, 6.07) is 75.5. The molecule has 3 aromatic heterocycles. The van der Waals surface area contributed by atoms with Crippen LogP contribution in [0.3, 0.4) is 0 Å². The number of hydrogen-bond donors (Lipinski definition) is 0. The third-order valence-electron chi connectivity index (χ3n) is 12.6. The predicted octanol–water partition coefficient (Wildman–Crippen LogP) is 10.7. The van der Waals surface area contributed by atoms with Crippen molar-refractivity contribution in [2.24, 2.45) is 0 Å². The fourth-order valence-corrected chi connectivity index (χ4v) is 14.8. The van der Waals surface area contributed by atoms with E-state index in [1.54, 1.807) is 0 Å². The lowest BCUT2D eigenvalue weighted by atomic mass is 9.72. The van der Waals surface area contributed by atoms with Crippen LogP contribution in [0.1, 0.15) is 25.0 Å². The summed E-state index contributed by atoms with van der Waals surface area (Å²) >= 11 is 0. The summed E-state index contributed by atoms with van der Waals surface area (Å²) in [7, 11) is -2.94. The van der Waals surface area contributed by atoms with Crippen LogP contribution in [-0.2, 0) is 5.41 Å². The van der Waals surface area contributed by atoms with Crippen molar-refractivity contribution in [1.29, 1.82) is 0 Å². The first-order valence-electron chi connectivity index (χ1n) is 20.7. The highest BCUT2D eigenvalue weighted by Gasteiger charge is 2.43. The molecule has 0 amide bonds. The minimum absolute atomic E-state index is 0.297. The Hall–Kier alpha value is -7.34. The number of rotatable bonds is 7. The molecule has 4 nitrogen and oxygen atoms in total. The lowest BCUT2D eigenvalue weighted by Gasteiger charge is -2.42. The maximum Gasteiger partial charge on any atom is 0.179 e. The number of fused-ring (bicyclic) bond motifs is 6. The van der Waals surface area contributed by atoms with Gasteiger partial charge in [-0.2, -0.15) is 0 Å². The third-order valence-corrected chi connectivity index (χ3v) is 17.3. The van der Waals surface area contributed by atoms with E-state index in [-0.39, 0.29) is 5.41 Å². The van der Waals surface area contributed by atoms with Crippen molar-refractivity contribution in [1.82, 2.24) is 14.5 Å². The second-order valence-corrected chi connectivity index (χ2v) is 20.0. The number of pyridine rings is 2. The zero-order chi connectivity index (χ0) is 40.3. The lowest BCUT2D eigenvalue weighted by molar-refractivity contribution is 0.638. The Bertz CT molecular complexity index is 3140. The maximum atomic E-state index is 5.18. The highest BCUT2D eigenvalue weighted by molar-refractivity contribution is 7.20. The second kappa shape index (κ2) is 14.2. The highest BCUT2D eigenvalue weighted by atomic mass is 28.3. The molecule has 0 N–H and O–H groups in total. The van der Waals surface area contributed by atoms with E-state index in [2.05, 4.69) is 224 Å². The summed E-state index contributed by atoms with van der Waals surface area (Å²) in [6.07, 6.45) is 3.81. The Morgan fingerprint density at radius 3 is 1.82 bits per heavy atom. The number of para-hydroxylation sites is 2. The fraction of sp³-hybridized carbons (Fsp3) is 0.0545. The third kappa shape index (κ3) is 5.43. The van der Waals surface area contributed by atoms with Gasteiger partial charge in [-0.1, -0.05) is 153 Å². The van der Waals surface area contributed by atoms with Crippen molar-refractivity contribution in [2.45, 2.75) is 19.3 Å². The molecule has 0 saturated heterocycles. The average Bonchev–Trinajstić information content (AvgIpc) is 3.65. The van der Waals surface area contributed by atoms with Crippen molar-refractivity contribution in [2.75, 3.05) is 4.90 Å². The monoisotopic (exact) mass is 786 g/mol. The molecule has 4 heterocycles. The number of benzene rings is 7. The summed E-state index contributed by atoms with van der Waals surface area (Å²) in [5.41, 5.74) is 11.1. The molecule has 0 spiro atoms. The SMILES string of the molecule is CC1(C)c2ccccc2N(c2ccccc2)c2ccc3c(c21)c1cccnc1n3-c1cccc([Si](c2ccccc2)(c2ccccc2)c2cccc(-c3ccccn3)c2)c1. The Kier molecular flexibility index (Phi) is 8.46. The minimum atomic E-state index is -2.94. The van der Waals surface area contributed by atoms with Crippen LogP contribution < -0.4 is 25.6 Å². The van der Waals surface area contributed by atoms with Gasteiger partial charge in [-0.25, -0.2) is 4.98 Å². The molecule has 0 bridgehead atoms. The summed E-state index contributed by atoms with van der Waals surface area (Å²) in [6.45, 7) is 4.76. The van der Waals surface area contributed by atoms with E-state index in [4.69, 9.17) is 9.97 Å². The van der Waals surface area contributed by atoms with Crippen molar-refractivity contribution in [3.8, 4) is 16.9 Å². The molecular formula is C55H42N4Si. The molecule has 0 unspecified atom stereocenters. The van der Waals surface area contributed by atoms with E-state index >= 15 is 0 Å². The molecule has 1 aliphatic rings. The Balaban J connectivity index is 1.20. The number of anilines is 3. The first kappa shape index (κ1) is 35.8. The van der Waals surface area contributed by atoms with Crippen LogP contribution in [0.4, 0.5) is 17.1 Å². The normalized spacial score (nSPS) is 13.3. The number of hydrogen-bond acceptors (Lipinski definition) is 3. The predicted molar refractivity (Wildman–Crippen MR) is 252 cm³/mol. The van der Waals surface area contributed by atoms with Gasteiger partial charge in [0.25, 0.3) is 0 Å². The van der Waals surface area contributed by atoms with Crippen molar-refractivity contribution >= 4 is 67.8 Å². The van der Waals surface area contributed by atoms with Crippen LogP contribution in [0, 0.1) is 0 Å². The summed E-state index contributed by atoms with van der Waals surface area (Å²) in [5, 5.41) is 7.62. The highest BCUT2D eigenvalue weighted by Crippen LogP contribution is 2.55. The van der Waals surface area contributed by atoms with Crippen LogP contribution in [-0.4, -0.2) is 22.6 Å². The van der Waals surface area contributed by atoms with Gasteiger partial charge in [0.1, 0.15) is 5.65 Å². The van der Waals surface area contributed by atoms with Gasteiger partial charge in [0, 0.05) is 45.5 Å². The van der Waals surface area contributed by atoms with E-state index in [9.17, 15) is 0 Å². The van der Waals surface area contributed by atoms with Crippen LogP contribution >= 0.6 is 0 Å². The molecule has 60 heavy (non-hydrogen) atoms. The first-order chi connectivity index (χ1) is 29.5. The van der Waals surface area contributed by atoms with Gasteiger partial charge in [-0.05, 0) is 98.6 Å². The molecule has 5 heteroatoms. The van der Waals surface area contributed by atoms with Gasteiger partial charge >= 0.3 is 0 Å². The molecule has 7 aromatic carbocycles. The molecule has 0 radical (unpaired) electrons. The van der Waals surface area contributed by atoms with Crippen molar-refractivity contribution in [3.63, 3.8) is 0 Å². The molecule has 11 rings (SSSR count). The molecule has 10 aromatic rings. The van der Waals surface area contributed by atoms with Gasteiger partial charge in [0.2, 0.25) is 0 Å². The second-order valence-electron chi connectivity index (χ2n) is 16.2. The van der Waals surface area contributed by atoms with E-state index in [0.717, 1.165) is 39.2 Å². The van der Waals surface area contributed by atoms with Gasteiger partial charge in [-0.3, -0.25) is 9.55 Å². The van der Waals surface area contributed by atoms with Crippen LogP contribution in [0.15, 0.2) is 219 Å². The zero-order valence-electron chi connectivity index (χ0n) is 33.6. The average molecular weight is 787 g/mol. The molecule has 0 saturated carbocycles. The van der Waals surface area contributed by atoms with E-state index in [0.29, 0.717) is 0 Å². The van der Waals surface area contributed by atoms with E-state index in [1.807, 2.05) is 18.5 Å². The van der Waals surface area contributed by atoms with Gasteiger partial charge in [-0.15, -0.1) is 0 Å². The minimum Gasteiger partial charge on any atom is -0.310 e.